The first kappa shape index (κ1) is 16.0. The molecule has 106 valence electrons. The van der Waals surface area contributed by atoms with Gasteiger partial charge in [0.1, 0.15) is 0 Å². The molecule has 0 aliphatic carbocycles. The highest BCUT2D eigenvalue weighted by molar-refractivity contribution is 9.10. The van der Waals surface area contributed by atoms with Gasteiger partial charge in [-0.2, -0.15) is 0 Å². The predicted octanol–water partition coefficient (Wildman–Crippen LogP) is 2.37. The van der Waals surface area contributed by atoms with Gasteiger partial charge in [0, 0.05) is 10.2 Å². The lowest BCUT2D eigenvalue weighted by Crippen LogP contribution is -2.19. The van der Waals surface area contributed by atoms with Gasteiger partial charge in [0.2, 0.25) is 10.0 Å². The summed E-state index contributed by atoms with van der Waals surface area (Å²) in [5.41, 5.74) is 2.36. The Morgan fingerprint density at radius 1 is 1.32 bits per heavy atom. The normalized spacial score (nSPS) is 11.2. The van der Waals surface area contributed by atoms with E-state index < -0.39 is 16.0 Å². The van der Waals surface area contributed by atoms with E-state index in [0.29, 0.717) is 5.69 Å². The molecule has 0 saturated carbocycles. The van der Waals surface area contributed by atoms with Crippen LogP contribution >= 0.6 is 15.9 Å². The van der Waals surface area contributed by atoms with Crippen LogP contribution in [0.3, 0.4) is 0 Å². The molecule has 0 fully saturated rings. The molecule has 0 atom stereocenters. The number of carbonyl (C=O) groups excluding carboxylic acids is 1. The lowest BCUT2D eigenvalue weighted by Gasteiger charge is -2.11. The van der Waals surface area contributed by atoms with Gasteiger partial charge in [-0.25, -0.2) is 8.42 Å². The van der Waals surface area contributed by atoms with Gasteiger partial charge in [-0.15, -0.1) is 0 Å². The summed E-state index contributed by atoms with van der Waals surface area (Å²) in [5, 5.41) is 0. The second-order valence-corrected chi connectivity index (χ2v) is 6.81. The summed E-state index contributed by atoms with van der Waals surface area (Å²) in [6.07, 6.45) is -0.166. The summed E-state index contributed by atoms with van der Waals surface area (Å²) >= 11 is 3.41. The average Bonchev–Trinajstić information content (AvgIpc) is 2.32. The molecule has 0 bridgehead atoms. The van der Waals surface area contributed by atoms with E-state index in [2.05, 4.69) is 25.4 Å². The first-order valence-corrected chi connectivity index (χ1v) is 8.04. The number of rotatable bonds is 5. The molecule has 1 N–H and O–H groups in total. The molecule has 5 nitrogen and oxygen atoms in total. The lowest BCUT2D eigenvalue weighted by atomic mass is 10.1. The molecule has 19 heavy (non-hydrogen) atoms. The van der Waals surface area contributed by atoms with Crippen LogP contribution in [-0.2, 0) is 19.6 Å². The van der Waals surface area contributed by atoms with Crippen LogP contribution in [0.1, 0.15) is 17.5 Å². The van der Waals surface area contributed by atoms with E-state index >= 15 is 0 Å². The highest BCUT2D eigenvalue weighted by Gasteiger charge is 2.14. The number of carbonyl (C=O) groups is 1. The Bertz CT molecular complexity index is 560. The Morgan fingerprint density at radius 2 is 1.84 bits per heavy atom. The summed E-state index contributed by atoms with van der Waals surface area (Å²) in [6, 6.07) is 3.46. The van der Waals surface area contributed by atoms with Crippen molar-refractivity contribution in [3.8, 4) is 0 Å². The number of aryl methyl sites for hydroxylation is 2. The highest BCUT2D eigenvalue weighted by atomic mass is 79.9. The molecule has 1 aromatic rings. The molecule has 1 aromatic carbocycles. The number of hydrogen-bond donors (Lipinski definition) is 1. The molecule has 0 aliphatic rings. The van der Waals surface area contributed by atoms with E-state index in [9.17, 15) is 13.2 Å². The molecular formula is C12H16BrNO4S. The second kappa shape index (κ2) is 6.38. The van der Waals surface area contributed by atoms with E-state index in [0.717, 1.165) is 15.6 Å². The van der Waals surface area contributed by atoms with Crippen molar-refractivity contribution >= 4 is 37.6 Å². The Kier molecular flexibility index (Phi) is 5.37. The molecule has 0 aliphatic heterocycles. The van der Waals surface area contributed by atoms with E-state index in [1.807, 2.05) is 13.8 Å². The first-order chi connectivity index (χ1) is 8.75. The maximum Gasteiger partial charge on any atom is 0.306 e. The minimum Gasteiger partial charge on any atom is -0.469 e. The summed E-state index contributed by atoms with van der Waals surface area (Å²) in [7, 11) is -2.33. The van der Waals surface area contributed by atoms with Crippen molar-refractivity contribution in [1.29, 1.82) is 0 Å². The Balaban J connectivity index is 2.81. The highest BCUT2D eigenvalue weighted by Crippen LogP contribution is 2.25. The van der Waals surface area contributed by atoms with Crippen LogP contribution in [-0.4, -0.2) is 27.2 Å². The van der Waals surface area contributed by atoms with Gasteiger partial charge < -0.3 is 4.74 Å². The predicted molar refractivity (Wildman–Crippen MR) is 77.7 cm³/mol. The standard InChI is InChI=1S/C12H16BrNO4S/c1-8-6-10(7-9(2)12(8)13)14-19(16,17)5-4-11(15)18-3/h6-7,14H,4-5H2,1-3H3. The molecule has 0 aromatic heterocycles. The molecule has 7 heteroatoms. The van der Waals surface area contributed by atoms with E-state index in [4.69, 9.17) is 0 Å². The van der Waals surface area contributed by atoms with Crippen molar-refractivity contribution in [2.75, 3.05) is 17.6 Å². The zero-order chi connectivity index (χ0) is 14.6. The first-order valence-electron chi connectivity index (χ1n) is 5.59. The summed E-state index contributed by atoms with van der Waals surface area (Å²) in [5.74, 6) is -0.845. The summed E-state index contributed by atoms with van der Waals surface area (Å²) < 4.78 is 31.4. The molecule has 0 spiro atoms. The van der Waals surface area contributed by atoms with Crippen LogP contribution in [0.4, 0.5) is 5.69 Å². The van der Waals surface area contributed by atoms with Crippen molar-refractivity contribution in [3.63, 3.8) is 0 Å². The number of esters is 1. The fourth-order valence-electron chi connectivity index (χ4n) is 1.56. The number of halogens is 1. The number of nitrogens with one attached hydrogen (secondary N) is 1. The van der Waals surface area contributed by atoms with Crippen LogP contribution in [0.5, 0.6) is 0 Å². The SMILES string of the molecule is COC(=O)CCS(=O)(=O)Nc1cc(C)c(Br)c(C)c1. The van der Waals surface area contributed by atoms with Gasteiger partial charge in [0.25, 0.3) is 0 Å². The largest absolute Gasteiger partial charge is 0.469 e. The van der Waals surface area contributed by atoms with E-state index in [1.165, 1.54) is 7.11 Å². The Labute approximate surface area is 121 Å². The Morgan fingerprint density at radius 3 is 2.32 bits per heavy atom. The minimum atomic E-state index is -3.55. The van der Waals surface area contributed by atoms with Crippen LogP contribution in [0.25, 0.3) is 0 Å². The molecular weight excluding hydrogens is 334 g/mol. The smallest absolute Gasteiger partial charge is 0.306 e. The van der Waals surface area contributed by atoms with Crippen LogP contribution in [0, 0.1) is 13.8 Å². The topological polar surface area (TPSA) is 72.5 Å². The van der Waals surface area contributed by atoms with Gasteiger partial charge in [-0.05, 0) is 37.1 Å². The molecule has 0 saturated heterocycles. The molecule has 0 heterocycles. The fourth-order valence-corrected chi connectivity index (χ4v) is 2.80. The number of hydrogen-bond acceptors (Lipinski definition) is 4. The number of sulfonamides is 1. The van der Waals surface area contributed by atoms with Crippen molar-refractivity contribution in [1.82, 2.24) is 0 Å². The van der Waals surface area contributed by atoms with Crippen molar-refractivity contribution in [2.24, 2.45) is 0 Å². The van der Waals surface area contributed by atoms with Crippen LogP contribution in [0.15, 0.2) is 16.6 Å². The molecule has 0 unspecified atom stereocenters. The zero-order valence-electron chi connectivity index (χ0n) is 11.0. The molecule has 0 radical (unpaired) electrons. The van der Waals surface area contributed by atoms with Crippen molar-refractivity contribution in [2.45, 2.75) is 20.3 Å². The van der Waals surface area contributed by atoms with Gasteiger partial charge in [0.15, 0.2) is 0 Å². The monoisotopic (exact) mass is 349 g/mol. The lowest BCUT2D eigenvalue weighted by molar-refractivity contribution is -0.140. The van der Waals surface area contributed by atoms with Gasteiger partial charge in [0.05, 0.1) is 19.3 Å². The summed E-state index contributed by atoms with van der Waals surface area (Å²) in [4.78, 5) is 10.9. The Hall–Kier alpha value is -1.08. The van der Waals surface area contributed by atoms with E-state index in [-0.39, 0.29) is 12.2 Å². The number of benzene rings is 1. The fraction of sp³-hybridized carbons (Fsp3) is 0.417. The average molecular weight is 350 g/mol. The molecule has 0 amide bonds. The third kappa shape index (κ3) is 4.83. The van der Waals surface area contributed by atoms with Gasteiger partial charge in [-0.3, -0.25) is 9.52 Å². The molecule has 1 rings (SSSR count). The quantitative estimate of drug-likeness (QED) is 0.828. The minimum absolute atomic E-state index is 0.166. The maximum absolute atomic E-state index is 11.8. The number of anilines is 1. The maximum atomic E-state index is 11.8. The van der Waals surface area contributed by atoms with Crippen LogP contribution in [0.2, 0.25) is 0 Å². The van der Waals surface area contributed by atoms with E-state index in [1.54, 1.807) is 12.1 Å². The van der Waals surface area contributed by atoms with Crippen molar-refractivity contribution < 1.29 is 17.9 Å². The number of ether oxygens (including phenoxy) is 1. The third-order valence-electron chi connectivity index (χ3n) is 2.51. The number of methoxy groups -OCH3 is 1. The third-order valence-corrected chi connectivity index (χ3v) is 5.05. The zero-order valence-corrected chi connectivity index (χ0v) is 13.4. The second-order valence-electron chi connectivity index (χ2n) is 4.17. The van der Waals surface area contributed by atoms with Gasteiger partial charge >= 0.3 is 5.97 Å². The van der Waals surface area contributed by atoms with Gasteiger partial charge in [-0.1, -0.05) is 15.9 Å². The van der Waals surface area contributed by atoms with Crippen molar-refractivity contribution in [3.05, 3.63) is 27.7 Å². The van der Waals surface area contributed by atoms with Crippen LogP contribution < -0.4 is 4.72 Å². The summed E-state index contributed by atoms with van der Waals surface area (Å²) in [6.45, 7) is 3.76.